The maximum atomic E-state index is 12.6. The van der Waals surface area contributed by atoms with Crippen molar-refractivity contribution in [2.45, 2.75) is 47.2 Å². The molecular formula is C19H30N2O3. The second-order valence-corrected chi connectivity index (χ2v) is 6.78. The van der Waals surface area contributed by atoms with Crippen LogP contribution in [0.4, 0.5) is 0 Å². The second kappa shape index (κ2) is 9.30. The maximum absolute atomic E-state index is 12.6. The van der Waals surface area contributed by atoms with E-state index in [1.807, 2.05) is 52.0 Å². The molecule has 1 N–H and O–H groups in total. The summed E-state index contributed by atoms with van der Waals surface area (Å²) in [6.45, 7) is 10.6. The number of amides is 2. The summed E-state index contributed by atoms with van der Waals surface area (Å²) in [6, 6.07) is 7.03. The van der Waals surface area contributed by atoms with Gasteiger partial charge in [-0.1, -0.05) is 39.8 Å². The highest BCUT2D eigenvalue weighted by molar-refractivity contribution is 5.88. The van der Waals surface area contributed by atoms with E-state index in [4.69, 9.17) is 4.74 Å². The number of carbonyl (C=O) groups excluding carboxylic acids is 2. The standard InChI is InChI=1S/C19H30N2O3/c1-13(2)11-20-18(22)15(5)21(19(23)14(3)4)12-16-7-9-17(24-6)10-8-16/h7-10,13-15H,11-12H2,1-6H3,(H,20,22)/t15-/m1/s1. The predicted molar refractivity (Wildman–Crippen MR) is 95.7 cm³/mol. The van der Waals surface area contributed by atoms with E-state index in [0.29, 0.717) is 19.0 Å². The summed E-state index contributed by atoms with van der Waals surface area (Å²) in [4.78, 5) is 26.6. The highest BCUT2D eigenvalue weighted by Gasteiger charge is 2.27. The zero-order chi connectivity index (χ0) is 18.3. The molecule has 0 saturated heterocycles. The molecule has 0 spiro atoms. The van der Waals surface area contributed by atoms with Gasteiger partial charge in [0.25, 0.3) is 0 Å². The summed E-state index contributed by atoms with van der Waals surface area (Å²) in [5, 5.41) is 2.91. The van der Waals surface area contributed by atoms with Crippen LogP contribution in [0, 0.1) is 11.8 Å². The Hall–Kier alpha value is -2.04. The summed E-state index contributed by atoms with van der Waals surface area (Å²) in [6.07, 6.45) is 0. The van der Waals surface area contributed by atoms with Gasteiger partial charge in [-0.3, -0.25) is 9.59 Å². The van der Waals surface area contributed by atoms with Gasteiger partial charge in [-0.25, -0.2) is 0 Å². The number of hydrogen-bond donors (Lipinski definition) is 1. The molecule has 0 radical (unpaired) electrons. The van der Waals surface area contributed by atoms with Crippen molar-refractivity contribution in [3.8, 4) is 5.75 Å². The Balaban J connectivity index is 2.90. The summed E-state index contributed by atoms with van der Waals surface area (Å²) in [5.74, 6) is 0.827. The van der Waals surface area contributed by atoms with Gasteiger partial charge >= 0.3 is 0 Å². The lowest BCUT2D eigenvalue weighted by Gasteiger charge is -2.30. The van der Waals surface area contributed by atoms with Crippen LogP contribution in [-0.4, -0.2) is 36.4 Å². The van der Waals surface area contributed by atoms with E-state index in [1.165, 1.54) is 0 Å². The van der Waals surface area contributed by atoms with Gasteiger partial charge in [-0.15, -0.1) is 0 Å². The molecule has 5 nitrogen and oxygen atoms in total. The molecule has 24 heavy (non-hydrogen) atoms. The fourth-order valence-electron chi connectivity index (χ4n) is 2.26. The molecule has 0 aromatic heterocycles. The number of nitrogens with zero attached hydrogens (tertiary/aromatic N) is 1. The Morgan fingerprint density at radius 1 is 1.08 bits per heavy atom. The van der Waals surface area contributed by atoms with Crippen LogP contribution in [0.25, 0.3) is 0 Å². The Kier molecular flexibility index (Phi) is 7.75. The van der Waals surface area contributed by atoms with Crippen LogP contribution in [0.3, 0.4) is 0 Å². The van der Waals surface area contributed by atoms with Crippen LogP contribution in [-0.2, 0) is 16.1 Å². The number of hydrogen-bond acceptors (Lipinski definition) is 3. The molecule has 5 heteroatoms. The lowest BCUT2D eigenvalue weighted by Crippen LogP contribution is -2.49. The minimum absolute atomic E-state index is 0.0296. The average molecular weight is 334 g/mol. The fourth-order valence-corrected chi connectivity index (χ4v) is 2.26. The van der Waals surface area contributed by atoms with Gasteiger partial charge in [0.1, 0.15) is 11.8 Å². The van der Waals surface area contributed by atoms with Crippen molar-refractivity contribution in [3.63, 3.8) is 0 Å². The quantitative estimate of drug-likeness (QED) is 0.795. The van der Waals surface area contributed by atoms with Crippen LogP contribution >= 0.6 is 0 Å². The SMILES string of the molecule is COc1ccc(CN(C(=O)C(C)C)[C@H](C)C(=O)NCC(C)C)cc1. The summed E-state index contributed by atoms with van der Waals surface area (Å²) in [5.41, 5.74) is 0.966. The summed E-state index contributed by atoms with van der Waals surface area (Å²) >= 11 is 0. The number of ether oxygens (including phenoxy) is 1. The fraction of sp³-hybridized carbons (Fsp3) is 0.579. The van der Waals surface area contributed by atoms with E-state index in [-0.39, 0.29) is 17.7 Å². The van der Waals surface area contributed by atoms with E-state index in [2.05, 4.69) is 5.32 Å². The molecular weight excluding hydrogens is 304 g/mol. The average Bonchev–Trinajstić information content (AvgIpc) is 2.56. The van der Waals surface area contributed by atoms with E-state index in [1.54, 1.807) is 18.9 Å². The van der Waals surface area contributed by atoms with Crippen molar-refractivity contribution in [1.82, 2.24) is 10.2 Å². The molecule has 1 rings (SSSR count). The minimum atomic E-state index is -0.513. The monoisotopic (exact) mass is 334 g/mol. The summed E-state index contributed by atoms with van der Waals surface area (Å²) < 4.78 is 5.16. The van der Waals surface area contributed by atoms with E-state index >= 15 is 0 Å². The first-order valence-corrected chi connectivity index (χ1v) is 8.47. The third-order valence-electron chi connectivity index (χ3n) is 3.82. The van der Waals surface area contributed by atoms with Crippen molar-refractivity contribution in [2.75, 3.05) is 13.7 Å². The van der Waals surface area contributed by atoms with Crippen LogP contribution in [0.2, 0.25) is 0 Å². The molecule has 0 bridgehead atoms. The van der Waals surface area contributed by atoms with Gasteiger partial charge in [0.2, 0.25) is 11.8 Å². The van der Waals surface area contributed by atoms with Gasteiger partial charge in [0, 0.05) is 19.0 Å². The van der Waals surface area contributed by atoms with Gasteiger partial charge in [0.15, 0.2) is 0 Å². The molecule has 1 aromatic rings. The zero-order valence-corrected chi connectivity index (χ0v) is 15.6. The summed E-state index contributed by atoms with van der Waals surface area (Å²) in [7, 11) is 1.62. The third-order valence-corrected chi connectivity index (χ3v) is 3.82. The van der Waals surface area contributed by atoms with Crippen LogP contribution in [0.5, 0.6) is 5.75 Å². The number of carbonyl (C=O) groups is 2. The first-order chi connectivity index (χ1) is 11.3. The predicted octanol–water partition coefficient (Wildman–Crippen LogP) is 2.84. The van der Waals surface area contributed by atoms with Gasteiger partial charge in [-0.05, 0) is 30.5 Å². The highest BCUT2D eigenvalue weighted by Crippen LogP contribution is 2.16. The molecule has 134 valence electrons. The van der Waals surface area contributed by atoms with Crippen molar-refractivity contribution < 1.29 is 14.3 Å². The van der Waals surface area contributed by atoms with Crippen molar-refractivity contribution in [2.24, 2.45) is 11.8 Å². The van der Waals surface area contributed by atoms with Crippen molar-refractivity contribution >= 4 is 11.8 Å². The number of nitrogens with one attached hydrogen (secondary N) is 1. The van der Waals surface area contributed by atoms with E-state index < -0.39 is 6.04 Å². The smallest absolute Gasteiger partial charge is 0.242 e. The molecule has 0 heterocycles. The Morgan fingerprint density at radius 2 is 1.67 bits per heavy atom. The maximum Gasteiger partial charge on any atom is 0.242 e. The molecule has 1 atom stereocenters. The normalized spacial score (nSPS) is 12.2. The van der Waals surface area contributed by atoms with Crippen molar-refractivity contribution in [1.29, 1.82) is 0 Å². The molecule has 0 unspecified atom stereocenters. The van der Waals surface area contributed by atoms with E-state index in [0.717, 1.165) is 11.3 Å². The van der Waals surface area contributed by atoms with E-state index in [9.17, 15) is 9.59 Å². The zero-order valence-electron chi connectivity index (χ0n) is 15.6. The largest absolute Gasteiger partial charge is 0.497 e. The molecule has 0 saturated carbocycles. The second-order valence-electron chi connectivity index (χ2n) is 6.78. The Labute approximate surface area is 145 Å². The number of methoxy groups -OCH3 is 1. The topological polar surface area (TPSA) is 58.6 Å². The molecule has 0 aliphatic heterocycles. The van der Waals surface area contributed by atoms with Crippen LogP contribution in [0.1, 0.15) is 40.2 Å². The van der Waals surface area contributed by atoms with Crippen molar-refractivity contribution in [3.05, 3.63) is 29.8 Å². The van der Waals surface area contributed by atoms with Gasteiger partial charge in [0.05, 0.1) is 7.11 Å². The van der Waals surface area contributed by atoms with Gasteiger partial charge < -0.3 is 15.0 Å². The highest BCUT2D eigenvalue weighted by atomic mass is 16.5. The molecule has 0 fully saturated rings. The van der Waals surface area contributed by atoms with Crippen LogP contribution < -0.4 is 10.1 Å². The molecule has 1 aromatic carbocycles. The molecule has 0 aliphatic rings. The molecule has 2 amide bonds. The Bertz CT molecular complexity index is 538. The number of benzene rings is 1. The lowest BCUT2D eigenvalue weighted by molar-refractivity contribution is -0.143. The first kappa shape index (κ1) is 20.0. The first-order valence-electron chi connectivity index (χ1n) is 8.47. The molecule has 0 aliphatic carbocycles. The lowest BCUT2D eigenvalue weighted by atomic mass is 10.1. The minimum Gasteiger partial charge on any atom is -0.497 e. The van der Waals surface area contributed by atoms with Crippen LogP contribution in [0.15, 0.2) is 24.3 Å². The third kappa shape index (κ3) is 5.87. The number of rotatable bonds is 8. The van der Waals surface area contributed by atoms with Gasteiger partial charge in [-0.2, -0.15) is 0 Å². The Morgan fingerprint density at radius 3 is 2.12 bits per heavy atom.